The van der Waals surface area contributed by atoms with Crippen molar-refractivity contribution in [2.24, 2.45) is 0 Å². The molecule has 2 aliphatic carbocycles. The van der Waals surface area contributed by atoms with Crippen LogP contribution in [0.4, 0.5) is 0 Å². The van der Waals surface area contributed by atoms with Crippen LogP contribution in [0.3, 0.4) is 0 Å². The molecule has 0 aliphatic heterocycles. The lowest BCUT2D eigenvalue weighted by Gasteiger charge is -2.16. The van der Waals surface area contributed by atoms with E-state index >= 15 is 0 Å². The van der Waals surface area contributed by atoms with E-state index in [0.29, 0.717) is 0 Å². The highest BCUT2D eigenvalue weighted by Crippen LogP contribution is 2.35. The Bertz CT molecular complexity index is 5620. The molecule has 0 bridgehead atoms. The number of hydrogen-bond acceptors (Lipinski definition) is 6. The van der Waals surface area contributed by atoms with Gasteiger partial charge in [-0.1, -0.05) is 380 Å². The molecular formula is C106H88N6. The van der Waals surface area contributed by atoms with E-state index in [1.54, 1.807) is 12.4 Å². The molecule has 15 aromatic rings. The third-order valence-corrected chi connectivity index (χ3v) is 19.3. The molecule has 4 heterocycles. The lowest BCUT2D eigenvalue weighted by atomic mass is 9.97. The first-order valence-electron chi connectivity index (χ1n) is 37.4. The van der Waals surface area contributed by atoms with Crippen molar-refractivity contribution in [2.45, 2.75) is 24.7 Å². The predicted molar refractivity (Wildman–Crippen MR) is 483 cm³/mol. The number of nitrogens with zero attached hydrogens (tertiary/aromatic N) is 6. The van der Waals surface area contributed by atoms with E-state index in [2.05, 4.69) is 287 Å². The number of allylic oxidation sites excluding steroid dienone is 8. The van der Waals surface area contributed by atoms with Crippen molar-refractivity contribution in [3.8, 4) is 67.3 Å². The summed E-state index contributed by atoms with van der Waals surface area (Å²) in [5, 5.41) is 7.39. The fourth-order valence-corrected chi connectivity index (χ4v) is 13.2. The molecule has 0 spiro atoms. The maximum atomic E-state index is 5.06. The van der Waals surface area contributed by atoms with Crippen LogP contribution in [0.25, 0.3) is 148 Å². The van der Waals surface area contributed by atoms with E-state index in [0.717, 1.165) is 136 Å². The van der Waals surface area contributed by atoms with Crippen LogP contribution in [0.2, 0.25) is 0 Å². The average molecular weight is 1450 g/mol. The van der Waals surface area contributed by atoms with E-state index in [4.69, 9.17) is 19.9 Å². The van der Waals surface area contributed by atoms with Gasteiger partial charge < -0.3 is 0 Å². The highest BCUT2D eigenvalue weighted by molar-refractivity contribution is 5.96. The van der Waals surface area contributed by atoms with Gasteiger partial charge in [-0.25, -0.2) is 19.9 Å². The van der Waals surface area contributed by atoms with Gasteiger partial charge in [0.1, 0.15) is 11.6 Å². The molecule has 17 rings (SSSR count). The molecule has 0 radical (unpaired) electrons. The molecule has 2 aliphatic rings. The largest absolute Gasteiger partial charge is 0.264 e. The molecule has 6 nitrogen and oxygen atoms in total. The van der Waals surface area contributed by atoms with Crippen LogP contribution in [-0.2, 0) is 0 Å². The van der Waals surface area contributed by atoms with Crippen molar-refractivity contribution in [2.75, 3.05) is 0 Å². The topological polar surface area (TPSA) is 77.3 Å². The Kier molecular flexibility index (Phi) is 27.1. The molecule has 112 heavy (non-hydrogen) atoms. The van der Waals surface area contributed by atoms with E-state index < -0.39 is 0 Å². The third kappa shape index (κ3) is 20.0. The number of aromatic nitrogens is 6. The summed E-state index contributed by atoms with van der Waals surface area (Å²) in [6.07, 6.45) is 41.0. The van der Waals surface area contributed by atoms with Crippen LogP contribution in [0.15, 0.2) is 405 Å². The van der Waals surface area contributed by atoms with E-state index in [-0.39, 0.29) is 11.8 Å². The van der Waals surface area contributed by atoms with Crippen molar-refractivity contribution in [1.82, 2.24) is 29.9 Å². The molecule has 6 heteroatoms. The van der Waals surface area contributed by atoms with Crippen LogP contribution in [-0.4, -0.2) is 29.9 Å². The maximum Gasteiger partial charge on any atom is 0.136 e. The minimum absolute atomic E-state index is 0.174. The Hall–Kier alpha value is -14.5. The maximum absolute atomic E-state index is 5.06. The first kappa shape index (κ1) is 77.2. The summed E-state index contributed by atoms with van der Waals surface area (Å²) >= 11 is 0. The minimum Gasteiger partial charge on any atom is -0.264 e. The SMILES string of the molecule is C1=CCC(c2nc(-c3ccc(-c4cccnc4)cc3)cc(-c3cccc4ccccc34)n2)C=C1.C1=CCC(c2nc(-c3ccccc3)cc(-c3ccc(-c4cccnc4)cc3)n2)C=C1.C=Cc1cc2ccccc2cc1C=C.C=Cc1cc2ccccc2cc1C=C.C=Cc1ccccc1C=C.C=Cc1ccccc1C=C. The zero-order chi connectivity index (χ0) is 77.6. The molecule has 2 unspecified atom stereocenters. The molecule has 0 fully saturated rings. The Morgan fingerprint density at radius 1 is 0.250 bits per heavy atom. The Morgan fingerprint density at radius 2 is 0.562 bits per heavy atom. The monoisotopic (exact) mass is 1440 g/mol. The highest BCUT2D eigenvalue weighted by Gasteiger charge is 2.19. The highest BCUT2D eigenvalue weighted by atomic mass is 14.9. The Balaban J connectivity index is 0.000000134. The van der Waals surface area contributed by atoms with Gasteiger partial charge in [0.15, 0.2) is 0 Å². The van der Waals surface area contributed by atoms with Gasteiger partial charge in [0.25, 0.3) is 0 Å². The van der Waals surface area contributed by atoms with Gasteiger partial charge in [-0.2, -0.15) is 0 Å². The van der Waals surface area contributed by atoms with Gasteiger partial charge in [-0.3, -0.25) is 9.97 Å². The number of benzene rings is 11. The first-order valence-corrected chi connectivity index (χ1v) is 37.4. The molecular weight excluding hydrogens is 1360 g/mol. The molecule has 542 valence electrons. The average Bonchev–Trinajstić information content (AvgIpc) is 0.796. The summed E-state index contributed by atoms with van der Waals surface area (Å²) in [6, 6.07) is 95.7. The Morgan fingerprint density at radius 3 is 0.920 bits per heavy atom. The number of rotatable bonds is 16. The van der Waals surface area contributed by atoms with Crippen LogP contribution in [0, 0.1) is 0 Å². The molecule has 0 amide bonds. The van der Waals surface area contributed by atoms with Crippen LogP contribution >= 0.6 is 0 Å². The van der Waals surface area contributed by atoms with Gasteiger partial charge in [0.05, 0.1) is 22.8 Å². The van der Waals surface area contributed by atoms with E-state index in [1.165, 1.54) is 32.3 Å². The molecule has 4 aromatic heterocycles. The third-order valence-electron chi connectivity index (χ3n) is 19.3. The van der Waals surface area contributed by atoms with Crippen LogP contribution < -0.4 is 0 Å². The van der Waals surface area contributed by atoms with E-state index in [9.17, 15) is 0 Å². The summed E-state index contributed by atoms with van der Waals surface area (Å²) in [4.78, 5) is 28.4. The van der Waals surface area contributed by atoms with E-state index in [1.807, 2.05) is 164 Å². The van der Waals surface area contributed by atoms with Crippen LogP contribution in [0.5, 0.6) is 0 Å². The summed E-state index contributed by atoms with van der Waals surface area (Å²) in [6.45, 7) is 30.0. The fourth-order valence-electron chi connectivity index (χ4n) is 13.2. The zero-order valence-electron chi connectivity index (χ0n) is 63.0. The molecule has 0 saturated carbocycles. The lowest BCUT2D eigenvalue weighted by molar-refractivity contribution is 0.775. The Labute approximate surface area is 659 Å². The van der Waals surface area contributed by atoms with Gasteiger partial charge >= 0.3 is 0 Å². The lowest BCUT2D eigenvalue weighted by Crippen LogP contribution is -2.05. The van der Waals surface area contributed by atoms with Crippen molar-refractivity contribution in [3.63, 3.8) is 0 Å². The second-order valence-corrected chi connectivity index (χ2v) is 26.4. The fraction of sp³-hybridized carbons (Fsp3) is 0.0377. The summed E-state index contributed by atoms with van der Waals surface area (Å²) in [5.41, 5.74) is 21.8. The summed E-state index contributed by atoms with van der Waals surface area (Å²) in [5.74, 6) is 2.10. The molecule has 0 saturated heterocycles. The summed E-state index contributed by atoms with van der Waals surface area (Å²) < 4.78 is 0. The minimum atomic E-state index is 0.174. The quantitative estimate of drug-likeness (QED) is 0.0959. The summed E-state index contributed by atoms with van der Waals surface area (Å²) in [7, 11) is 0. The second-order valence-electron chi connectivity index (χ2n) is 26.4. The van der Waals surface area contributed by atoms with Crippen molar-refractivity contribution in [1.29, 1.82) is 0 Å². The number of fused-ring (bicyclic) bond motifs is 3. The smallest absolute Gasteiger partial charge is 0.136 e. The van der Waals surface area contributed by atoms with Gasteiger partial charge in [-0.15, -0.1) is 0 Å². The van der Waals surface area contributed by atoms with Crippen molar-refractivity contribution < 1.29 is 0 Å². The first-order chi connectivity index (χ1) is 55.2. The standard InChI is InChI=1S/C31H23N3.C27H21N3.2C14H12.2C10H10/c1-2-9-25(10-3-1)31-33-29(24-17-15-22(16-18-24)26-12-7-19-32-21-26)20-30(34-31)28-14-6-11-23-8-4-5-13-27(23)28;1-3-8-21(9-4-1)25-18-26(30-27(29-25)23-10-5-2-6-11-23)22-15-13-20(14-16-22)24-12-7-17-28-19-24;2*1-3-11-9-13-7-5-6-8-14(13)10-12(11)4-2;2*1-3-9-7-5-6-8-10(9)4-2/h1-9,11-21,25H,10H2;1-10,12-19,23H,11H2;2*3-10H,1-2H2;2*3-8H,1-2H2. The van der Waals surface area contributed by atoms with Crippen molar-refractivity contribution >= 4 is 80.9 Å². The van der Waals surface area contributed by atoms with Crippen molar-refractivity contribution in [3.05, 3.63) is 461 Å². The predicted octanol–water partition coefficient (Wildman–Crippen LogP) is 28.3. The number of hydrogen-bond donors (Lipinski definition) is 0. The second kappa shape index (κ2) is 39.4. The van der Waals surface area contributed by atoms with Gasteiger partial charge in [-0.05, 0) is 160 Å². The van der Waals surface area contributed by atoms with Gasteiger partial charge in [0.2, 0.25) is 0 Å². The molecule has 11 aromatic carbocycles. The van der Waals surface area contributed by atoms with Gasteiger partial charge in [0, 0.05) is 58.9 Å². The zero-order valence-corrected chi connectivity index (χ0v) is 63.0. The molecule has 2 atom stereocenters. The number of pyridine rings is 2. The van der Waals surface area contributed by atoms with Crippen LogP contribution in [0.1, 0.15) is 80.8 Å². The normalized spacial score (nSPS) is 12.7. The molecule has 0 N–H and O–H groups in total.